The first kappa shape index (κ1) is 11.8. The molecule has 0 bridgehead atoms. The quantitative estimate of drug-likeness (QED) is 0.284. The maximum atomic E-state index is 9.41. The van der Waals surface area contributed by atoms with Crippen LogP contribution < -0.4 is 56.5 Å². The van der Waals surface area contributed by atoms with Crippen molar-refractivity contribution in [2.75, 3.05) is 0 Å². The molecular formula is C3H5KO4. The number of rotatable bonds is 1. The molecule has 0 saturated carbocycles. The van der Waals surface area contributed by atoms with Gasteiger partial charge >= 0.3 is 51.4 Å². The molecule has 0 aliphatic heterocycles. The van der Waals surface area contributed by atoms with E-state index in [1.807, 2.05) is 0 Å². The summed E-state index contributed by atoms with van der Waals surface area (Å²) in [4.78, 5) is 9.41. The Bertz CT molecular complexity index is 83.8. The maximum Gasteiger partial charge on any atom is 1.00 e. The molecule has 8 heavy (non-hydrogen) atoms. The Morgan fingerprint density at radius 1 is 1.62 bits per heavy atom. The fourth-order valence-corrected chi connectivity index (χ4v) is 0. The van der Waals surface area contributed by atoms with Crippen molar-refractivity contribution in [3.8, 4) is 0 Å². The van der Waals surface area contributed by atoms with Crippen LogP contribution in [0.25, 0.3) is 0 Å². The Morgan fingerprint density at radius 3 is 1.75 bits per heavy atom. The van der Waals surface area contributed by atoms with E-state index in [-0.39, 0.29) is 51.4 Å². The van der Waals surface area contributed by atoms with E-state index in [2.05, 4.69) is 0 Å². The average Bonchev–Trinajstić information content (AvgIpc) is 1.31. The van der Waals surface area contributed by atoms with Gasteiger partial charge in [0, 0.05) is 0 Å². The largest absolute Gasteiger partial charge is 1.00 e. The number of carbonyl (C=O) groups excluding carboxylic acids is 1. The van der Waals surface area contributed by atoms with E-state index < -0.39 is 11.8 Å². The van der Waals surface area contributed by atoms with Crippen LogP contribution >= 0.6 is 0 Å². The number of hydrogen-bond acceptors (Lipinski definition) is 4. The van der Waals surface area contributed by atoms with Crippen molar-refractivity contribution in [3.05, 3.63) is 0 Å². The van der Waals surface area contributed by atoms with Gasteiger partial charge in [-0.1, -0.05) is 0 Å². The molecule has 0 heterocycles. The molecular weight excluding hydrogens is 139 g/mol. The van der Waals surface area contributed by atoms with Crippen LogP contribution in [0, 0.1) is 0 Å². The fourth-order valence-electron chi connectivity index (χ4n) is 0. The monoisotopic (exact) mass is 144 g/mol. The molecule has 0 aromatic carbocycles. The van der Waals surface area contributed by atoms with Crippen LogP contribution in [0.1, 0.15) is 6.92 Å². The number of carboxylic acid groups (broad SMARTS) is 1. The molecule has 0 aromatic rings. The Hall–Kier alpha value is 1.03. The Morgan fingerprint density at radius 2 is 1.75 bits per heavy atom. The van der Waals surface area contributed by atoms with E-state index in [1.54, 1.807) is 0 Å². The normalized spacial score (nSPS) is 9.88. The van der Waals surface area contributed by atoms with Gasteiger partial charge in [-0.15, -0.1) is 0 Å². The molecule has 0 rings (SSSR count). The van der Waals surface area contributed by atoms with Crippen LogP contribution in [-0.4, -0.2) is 22.0 Å². The predicted molar refractivity (Wildman–Crippen MR) is 17.8 cm³/mol. The molecule has 4 nitrogen and oxygen atoms in total. The van der Waals surface area contributed by atoms with Gasteiger partial charge in [-0.3, -0.25) is 0 Å². The van der Waals surface area contributed by atoms with Crippen molar-refractivity contribution in [3.63, 3.8) is 0 Å². The molecule has 5 heteroatoms. The van der Waals surface area contributed by atoms with Crippen molar-refractivity contribution in [1.82, 2.24) is 0 Å². The van der Waals surface area contributed by atoms with Gasteiger partial charge in [-0.25, -0.2) is 0 Å². The third kappa shape index (κ3) is 5.17. The molecule has 2 N–H and O–H groups in total. The molecule has 0 aliphatic carbocycles. The summed E-state index contributed by atoms with van der Waals surface area (Å²) < 4.78 is 0. The summed E-state index contributed by atoms with van der Waals surface area (Å²) in [6.07, 6.45) is 0. The molecule has 0 radical (unpaired) electrons. The zero-order valence-electron chi connectivity index (χ0n) is 4.71. The van der Waals surface area contributed by atoms with Gasteiger partial charge in [0.2, 0.25) is 5.79 Å². The molecule has 0 fully saturated rings. The summed E-state index contributed by atoms with van der Waals surface area (Å²) in [5, 5.41) is 25.4. The van der Waals surface area contributed by atoms with Gasteiger partial charge in [-0.05, 0) is 6.92 Å². The van der Waals surface area contributed by atoms with Gasteiger partial charge in [-0.2, -0.15) is 0 Å². The van der Waals surface area contributed by atoms with Crippen LogP contribution in [0.15, 0.2) is 0 Å². The van der Waals surface area contributed by atoms with Gasteiger partial charge in [0.1, 0.15) is 0 Å². The van der Waals surface area contributed by atoms with Gasteiger partial charge in [0.05, 0.1) is 5.97 Å². The Balaban J connectivity index is 0. The zero-order chi connectivity index (χ0) is 6.08. The molecule has 0 aliphatic rings. The second kappa shape index (κ2) is 3.94. The first-order valence-corrected chi connectivity index (χ1v) is 1.61. The first-order valence-electron chi connectivity index (χ1n) is 1.61. The van der Waals surface area contributed by atoms with E-state index in [4.69, 9.17) is 10.2 Å². The maximum absolute atomic E-state index is 9.41. The van der Waals surface area contributed by atoms with E-state index >= 15 is 0 Å². The minimum Gasteiger partial charge on any atom is -0.544 e. The molecule has 0 atom stereocenters. The van der Waals surface area contributed by atoms with Gasteiger partial charge in [0.15, 0.2) is 0 Å². The molecule has 42 valence electrons. The summed E-state index contributed by atoms with van der Waals surface area (Å²) in [6.45, 7) is 0.711. The van der Waals surface area contributed by atoms with Crippen LogP contribution in [-0.2, 0) is 4.79 Å². The molecule has 0 unspecified atom stereocenters. The van der Waals surface area contributed by atoms with E-state index in [0.29, 0.717) is 6.92 Å². The minimum atomic E-state index is -2.69. The van der Waals surface area contributed by atoms with Gasteiger partial charge < -0.3 is 20.1 Å². The van der Waals surface area contributed by atoms with E-state index in [1.165, 1.54) is 0 Å². The fraction of sp³-hybridized carbons (Fsp3) is 0.667. The Labute approximate surface area is 88.9 Å². The number of hydrogen-bond donors (Lipinski definition) is 2. The summed E-state index contributed by atoms with van der Waals surface area (Å²) in [5.74, 6) is -4.59. The molecule has 0 amide bonds. The number of carboxylic acids is 1. The van der Waals surface area contributed by atoms with Crippen LogP contribution in [0.4, 0.5) is 0 Å². The molecule has 0 spiro atoms. The first-order chi connectivity index (χ1) is 2.94. The third-order valence-corrected chi connectivity index (χ3v) is 0.387. The smallest absolute Gasteiger partial charge is 0.544 e. The summed E-state index contributed by atoms with van der Waals surface area (Å²) >= 11 is 0. The predicted octanol–water partition coefficient (Wildman–Crippen LogP) is -5.56. The second-order valence-corrected chi connectivity index (χ2v) is 1.31. The van der Waals surface area contributed by atoms with Gasteiger partial charge in [0.25, 0.3) is 0 Å². The summed E-state index contributed by atoms with van der Waals surface area (Å²) in [5.41, 5.74) is 0. The minimum absolute atomic E-state index is 0. The summed E-state index contributed by atoms with van der Waals surface area (Å²) in [6, 6.07) is 0. The number of aliphatic carboxylic acids is 1. The van der Waals surface area contributed by atoms with E-state index in [0.717, 1.165) is 0 Å². The topological polar surface area (TPSA) is 80.6 Å². The summed E-state index contributed by atoms with van der Waals surface area (Å²) in [7, 11) is 0. The van der Waals surface area contributed by atoms with Crippen molar-refractivity contribution in [2.45, 2.75) is 12.7 Å². The number of carbonyl (C=O) groups is 1. The average molecular weight is 144 g/mol. The van der Waals surface area contributed by atoms with E-state index in [9.17, 15) is 9.90 Å². The van der Waals surface area contributed by atoms with Crippen molar-refractivity contribution in [2.24, 2.45) is 0 Å². The van der Waals surface area contributed by atoms with Crippen molar-refractivity contribution >= 4 is 5.97 Å². The molecule has 0 aromatic heterocycles. The van der Waals surface area contributed by atoms with Crippen LogP contribution in [0.2, 0.25) is 0 Å². The standard InChI is InChI=1S/C3H6O4.K/c1-3(6,7)2(4)5;/h6-7H,1H3,(H,4,5);/q;+1/p-1. The SMILES string of the molecule is CC(O)(O)C(=O)[O-].[K+]. The zero-order valence-corrected chi connectivity index (χ0v) is 7.83. The van der Waals surface area contributed by atoms with Crippen molar-refractivity contribution in [1.29, 1.82) is 0 Å². The number of aliphatic hydroxyl groups is 2. The van der Waals surface area contributed by atoms with Crippen LogP contribution in [0.3, 0.4) is 0 Å². The molecule has 0 saturated heterocycles. The third-order valence-electron chi connectivity index (χ3n) is 0.387. The second-order valence-electron chi connectivity index (χ2n) is 1.31. The van der Waals surface area contributed by atoms with Crippen LogP contribution in [0.5, 0.6) is 0 Å². The van der Waals surface area contributed by atoms with Crippen molar-refractivity contribution < 1.29 is 71.5 Å². The Kier molecular flexibility index (Phi) is 5.80.